The third-order valence-corrected chi connectivity index (χ3v) is 4.23. The molecule has 0 aromatic heterocycles. The molecular formula is C19H20FNO4. The second-order valence-corrected chi connectivity index (χ2v) is 5.73. The number of methoxy groups -OCH3 is 2. The summed E-state index contributed by atoms with van der Waals surface area (Å²) in [4.78, 5) is 14.7. The summed E-state index contributed by atoms with van der Waals surface area (Å²) in [5.41, 5.74) is 1.29. The topological polar surface area (TPSA) is 48.0 Å². The van der Waals surface area contributed by atoms with Crippen LogP contribution in [0, 0.1) is 5.82 Å². The van der Waals surface area contributed by atoms with Gasteiger partial charge in [0.05, 0.1) is 32.9 Å². The highest BCUT2D eigenvalue weighted by atomic mass is 19.1. The third-order valence-electron chi connectivity index (χ3n) is 4.23. The van der Waals surface area contributed by atoms with Crippen molar-refractivity contribution in [2.24, 2.45) is 0 Å². The molecule has 1 amide bonds. The zero-order valence-corrected chi connectivity index (χ0v) is 14.2. The van der Waals surface area contributed by atoms with E-state index in [0.717, 1.165) is 5.56 Å². The Morgan fingerprint density at radius 3 is 2.60 bits per heavy atom. The Morgan fingerprint density at radius 2 is 1.92 bits per heavy atom. The van der Waals surface area contributed by atoms with Crippen molar-refractivity contribution in [3.63, 3.8) is 0 Å². The van der Waals surface area contributed by atoms with Gasteiger partial charge in [0.2, 0.25) is 0 Å². The van der Waals surface area contributed by atoms with Crippen molar-refractivity contribution in [2.45, 2.75) is 6.10 Å². The van der Waals surface area contributed by atoms with E-state index < -0.39 is 0 Å². The van der Waals surface area contributed by atoms with Crippen molar-refractivity contribution < 1.29 is 23.4 Å². The third kappa shape index (κ3) is 3.74. The molecule has 1 atom stereocenters. The molecule has 3 rings (SSSR count). The predicted octanol–water partition coefficient (Wildman–Crippen LogP) is 3.06. The molecule has 0 aliphatic carbocycles. The molecule has 1 unspecified atom stereocenters. The van der Waals surface area contributed by atoms with Crippen LogP contribution in [0.3, 0.4) is 0 Å². The summed E-state index contributed by atoms with van der Waals surface area (Å²) >= 11 is 0. The van der Waals surface area contributed by atoms with Gasteiger partial charge in [-0.05, 0) is 35.9 Å². The van der Waals surface area contributed by atoms with Crippen LogP contribution in [-0.4, -0.2) is 44.7 Å². The van der Waals surface area contributed by atoms with E-state index in [9.17, 15) is 9.18 Å². The summed E-state index contributed by atoms with van der Waals surface area (Å²) in [5, 5.41) is 0. The molecule has 25 heavy (non-hydrogen) atoms. The van der Waals surface area contributed by atoms with Gasteiger partial charge in [0.25, 0.3) is 5.91 Å². The second-order valence-electron chi connectivity index (χ2n) is 5.73. The normalized spacial score (nSPS) is 17.2. The molecule has 1 aliphatic heterocycles. The van der Waals surface area contributed by atoms with E-state index in [0.29, 0.717) is 36.8 Å². The smallest absolute Gasteiger partial charge is 0.257 e. The molecule has 1 heterocycles. The summed E-state index contributed by atoms with van der Waals surface area (Å²) in [6.07, 6.45) is -0.282. The minimum absolute atomic E-state index is 0.147. The van der Waals surface area contributed by atoms with E-state index in [1.165, 1.54) is 19.2 Å². The summed E-state index contributed by atoms with van der Waals surface area (Å²) < 4.78 is 29.4. The van der Waals surface area contributed by atoms with E-state index in [1.807, 2.05) is 0 Å². The molecule has 1 aliphatic rings. The second kappa shape index (κ2) is 7.53. The molecule has 2 aromatic carbocycles. The average molecular weight is 345 g/mol. The van der Waals surface area contributed by atoms with E-state index >= 15 is 0 Å². The lowest BCUT2D eigenvalue weighted by atomic mass is 10.1. The molecular weight excluding hydrogens is 325 g/mol. The summed E-state index contributed by atoms with van der Waals surface area (Å²) in [6, 6.07) is 11.3. The number of carbonyl (C=O) groups is 1. The SMILES string of the molecule is COc1ccc(OC)c(C(=O)N2CCOC(c3ccc(F)cc3)C2)c1. The van der Waals surface area contributed by atoms with Gasteiger partial charge in [-0.1, -0.05) is 12.1 Å². The van der Waals surface area contributed by atoms with Crippen LogP contribution in [0.5, 0.6) is 11.5 Å². The lowest BCUT2D eigenvalue weighted by Gasteiger charge is -2.33. The van der Waals surface area contributed by atoms with Crippen LogP contribution < -0.4 is 9.47 Å². The Balaban J connectivity index is 1.81. The Labute approximate surface area is 145 Å². The minimum Gasteiger partial charge on any atom is -0.497 e. The van der Waals surface area contributed by atoms with Crippen LogP contribution in [0.15, 0.2) is 42.5 Å². The zero-order valence-electron chi connectivity index (χ0n) is 14.2. The maximum absolute atomic E-state index is 13.1. The summed E-state index contributed by atoms with van der Waals surface area (Å²) in [7, 11) is 3.08. The summed E-state index contributed by atoms with van der Waals surface area (Å²) in [5.74, 6) is 0.642. The van der Waals surface area contributed by atoms with Crippen molar-refractivity contribution >= 4 is 5.91 Å². The fourth-order valence-corrected chi connectivity index (χ4v) is 2.86. The first kappa shape index (κ1) is 17.2. The molecule has 0 saturated carbocycles. The lowest BCUT2D eigenvalue weighted by molar-refractivity contribution is -0.0229. The number of nitrogens with zero attached hydrogens (tertiary/aromatic N) is 1. The standard InChI is InChI=1S/C19H20FNO4/c1-23-15-7-8-17(24-2)16(11-15)19(22)21-9-10-25-18(12-21)13-3-5-14(20)6-4-13/h3-8,11,18H,9-10,12H2,1-2H3. The first-order valence-corrected chi connectivity index (χ1v) is 8.00. The molecule has 132 valence electrons. The first-order valence-electron chi connectivity index (χ1n) is 8.00. The largest absolute Gasteiger partial charge is 0.497 e. The van der Waals surface area contributed by atoms with E-state index in [1.54, 1.807) is 42.3 Å². The van der Waals surface area contributed by atoms with E-state index in [4.69, 9.17) is 14.2 Å². The fraction of sp³-hybridized carbons (Fsp3) is 0.316. The van der Waals surface area contributed by atoms with Crippen molar-refractivity contribution in [1.82, 2.24) is 4.90 Å². The highest BCUT2D eigenvalue weighted by molar-refractivity contribution is 5.97. The molecule has 0 radical (unpaired) electrons. The van der Waals surface area contributed by atoms with Crippen LogP contribution in [0.1, 0.15) is 22.0 Å². The number of amides is 1. The van der Waals surface area contributed by atoms with Crippen molar-refractivity contribution in [3.8, 4) is 11.5 Å². The first-order chi connectivity index (χ1) is 12.1. The van der Waals surface area contributed by atoms with Gasteiger partial charge in [-0.25, -0.2) is 4.39 Å². The minimum atomic E-state index is -0.298. The van der Waals surface area contributed by atoms with Gasteiger partial charge >= 0.3 is 0 Å². The highest BCUT2D eigenvalue weighted by Crippen LogP contribution is 2.28. The molecule has 0 N–H and O–H groups in total. The number of hydrogen-bond donors (Lipinski definition) is 0. The molecule has 5 nitrogen and oxygen atoms in total. The van der Waals surface area contributed by atoms with Crippen LogP contribution in [0.25, 0.3) is 0 Å². The van der Waals surface area contributed by atoms with E-state index in [-0.39, 0.29) is 17.8 Å². The van der Waals surface area contributed by atoms with Crippen molar-refractivity contribution in [3.05, 3.63) is 59.4 Å². The molecule has 0 spiro atoms. The molecule has 2 aromatic rings. The van der Waals surface area contributed by atoms with Crippen LogP contribution in [-0.2, 0) is 4.74 Å². The van der Waals surface area contributed by atoms with Gasteiger partial charge in [-0.3, -0.25) is 4.79 Å². The fourth-order valence-electron chi connectivity index (χ4n) is 2.86. The molecule has 1 fully saturated rings. The Bertz CT molecular complexity index is 748. The number of rotatable bonds is 4. The molecule has 0 bridgehead atoms. The Hall–Kier alpha value is -2.60. The maximum Gasteiger partial charge on any atom is 0.257 e. The maximum atomic E-state index is 13.1. The monoisotopic (exact) mass is 345 g/mol. The molecule has 1 saturated heterocycles. The Morgan fingerprint density at radius 1 is 1.16 bits per heavy atom. The van der Waals surface area contributed by atoms with Crippen LogP contribution in [0.4, 0.5) is 4.39 Å². The zero-order chi connectivity index (χ0) is 17.8. The van der Waals surface area contributed by atoms with Gasteiger partial charge in [0.1, 0.15) is 23.4 Å². The predicted molar refractivity (Wildman–Crippen MR) is 90.5 cm³/mol. The number of hydrogen-bond acceptors (Lipinski definition) is 4. The van der Waals surface area contributed by atoms with Gasteiger partial charge in [-0.2, -0.15) is 0 Å². The van der Waals surface area contributed by atoms with Gasteiger partial charge in [0.15, 0.2) is 0 Å². The number of halogens is 1. The average Bonchev–Trinajstić information content (AvgIpc) is 2.67. The lowest BCUT2D eigenvalue weighted by Crippen LogP contribution is -2.42. The number of carbonyl (C=O) groups excluding carboxylic acids is 1. The number of benzene rings is 2. The van der Waals surface area contributed by atoms with Crippen LogP contribution in [0.2, 0.25) is 0 Å². The van der Waals surface area contributed by atoms with Crippen LogP contribution >= 0.6 is 0 Å². The molecule has 6 heteroatoms. The van der Waals surface area contributed by atoms with Gasteiger partial charge < -0.3 is 19.1 Å². The summed E-state index contributed by atoms with van der Waals surface area (Å²) in [6.45, 7) is 1.29. The highest BCUT2D eigenvalue weighted by Gasteiger charge is 2.28. The van der Waals surface area contributed by atoms with Gasteiger partial charge in [-0.15, -0.1) is 0 Å². The van der Waals surface area contributed by atoms with Crippen molar-refractivity contribution in [1.29, 1.82) is 0 Å². The van der Waals surface area contributed by atoms with E-state index in [2.05, 4.69) is 0 Å². The number of morpholine rings is 1. The number of ether oxygens (including phenoxy) is 3. The van der Waals surface area contributed by atoms with Crippen molar-refractivity contribution in [2.75, 3.05) is 33.9 Å². The quantitative estimate of drug-likeness (QED) is 0.855. The Kier molecular flexibility index (Phi) is 5.19. The van der Waals surface area contributed by atoms with Gasteiger partial charge in [0, 0.05) is 6.54 Å².